The number of phenolic OH excluding ortho intramolecular Hbond substituents is 1. The van der Waals surface area contributed by atoms with Crippen molar-refractivity contribution in [3.8, 4) is 5.75 Å². The molecule has 1 fully saturated rings. The molecule has 26 heteroatoms. The Hall–Kier alpha value is -7.32. The standard InChI is InChI=1S/C47H67N11O14S/c1-24(2)17-30(40(65)50-21-38(62)63)53-45(70)35(23-73)57-43(68)33(20-37(49)61)55-41(66)32(18-27-9-6-5-7-10-27)54-44(69)34(22-59)56-42(67)31(19-28-12-14-29(60)15-13-28)52-39(64)26(4)51-46(71)36-11-8-16-58(36)47(72)25(3)48/h5-7,9-10,12-15,24-26,30-36,59-60,73H,8,11,16-23,48H2,1-4H3,(H2,49,61)(H,50,65)(H,51,71)(H,52,64)(H,53,70)(H,54,69)(H,55,66)(H,56,67)(H,57,68)(H,62,63)/t25-,26-,30-,31-,32-,33-,34-,35-,36-/m0/s1. The summed E-state index contributed by atoms with van der Waals surface area (Å²) < 4.78 is 0. The lowest BCUT2D eigenvalue weighted by atomic mass is 10.0. The highest BCUT2D eigenvalue weighted by molar-refractivity contribution is 7.80. The van der Waals surface area contributed by atoms with Crippen LogP contribution in [0.3, 0.4) is 0 Å². The highest BCUT2D eigenvalue weighted by atomic mass is 32.1. The number of carbonyl (C=O) groups excluding carboxylic acids is 10. The van der Waals surface area contributed by atoms with Gasteiger partial charge in [0.2, 0.25) is 59.1 Å². The Morgan fingerprint density at radius 1 is 0.658 bits per heavy atom. The molecule has 400 valence electrons. The minimum Gasteiger partial charge on any atom is -0.508 e. The lowest BCUT2D eigenvalue weighted by Crippen LogP contribution is -2.61. The van der Waals surface area contributed by atoms with Gasteiger partial charge in [-0.3, -0.25) is 52.7 Å². The van der Waals surface area contributed by atoms with Crippen molar-refractivity contribution in [2.24, 2.45) is 17.4 Å². The molecule has 0 bridgehead atoms. The molecule has 0 saturated carbocycles. The van der Waals surface area contributed by atoms with Gasteiger partial charge < -0.3 is 74.2 Å². The minimum absolute atomic E-state index is 0.0817. The second kappa shape index (κ2) is 29.3. The summed E-state index contributed by atoms with van der Waals surface area (Å²) in [6.45, 7) is 4.87. The molecule has 0 aliphatic carbocycles. The van der Waals surface area contributed by atoms with E-state index in [9.17, 15) is 63.0 Å². The van der Waals surface area contributed by atoms with Crippen molar-refractivity contribution in [1.82, 2.24) is 47.4 Å². The van der Waals surface area contributed by atoms with Crippen LogP contribution in [0.2, 0.25) is 0 Å². The summed E-state index contributed by atoms with van der Waals surface area (Å²) >= 11 is 4.14. The molecule has 15 N–H and O–H groups in total. The molecular formula is C47H67N11O14S. The molecule has 1 aliphatic rings. The van der Waals surface area contributed by atoms with E-state index in [2.05, 4.69) is 55.2 Å². The Morgan fingerprint density at radius 2 is 1.15 bits per heavy atom. The molecule has 2 aromatic carbocycles. The van der Waals surface area contributed by atoms with Crippen LogP contribution in [0, 0.1) is 5.92 Å². The first-order valence-electron chi connectivity index (χ1n) is 23.4. The number of aromatic hydroxyl groups is 1. The molecule has 10 amide bonds. The Balaban J connectivity index is 1.83. The number of carboxylic acid groups (broad SMARTS) is 1. The number of phenols is 1. The van der Waals surface area contributed by atoms with E-state index in [1.165, 1.54) is 43.0 Å². The van der Waals surface area contributed by atoms with Crippen LogP contribution in [0.25, 0.3) is 0 Å². The van der Waals surface area contributed by atoms with Crippen molar-refractivity contribution in [2.45, 2.75) is 121 Å². The summed E-state index contributed by atoms with van der Waals surface area (Å²) in [4.78, 5) is 146. The zero-order valence-corrected chi connectivity index (χ0v) is 41.8. The number of likely N-dealkylation sites (tertiary alicyclic amines) is 1. The number of aliphatic carboxylic acids is 1. The highest BCUT2D eigenvalue weighted by Gasteiger charge is 2.38. The molecule has 73 heavy (non-hydrogen) atoms. The minimum atomic E-state index is -1.78. The van der Waals surface area contributed by atoms with Crippen LogP contribution in [0.15, 0.2) is 54.6 Å². The number of aliphatic hydroxyl groups excluding tert-OH is 1. The average Bonchev–Trinajstić information content (AvgIpc) is 3.83. The van der Waals surface area contributed by atoms with E-state index in [1.54, 1.807) is 44.2 Å². The molecule has 1 aliphatic heterocycles. The lowest BCUT2D eigenvalue weighted by molar-refractivity contribution is -0.140. The number of hydrogen-bond donors (Lipinski definition) is 14. The predicted molar refractivity (Wildman–Crippen MR) is 264 cm³/mol. The number of nitrogens with one attached hydrogen (secondary N) is 8. The third-order valence-electron chi connectivity index (χ3n) is 11.3. The first-order valence-corrected chi connectivity index (χ1v) is 24.1. The van der Waals surface area contributed by atoms with E-state index in [0.29, 0.717) is 30.5 Å². The fraction of sp³-hybridized carbons (Fsp3) is 0.511. The quantitative estimate of drug-likeness (QED) is 0.0361. The number of nitrogens with two attached hydrogens (primary N) is 2. The number of amides is 10. The molecule has 0 aromatic heterocycles. The number of primary amides is 1. The highest BCUT2D eigenvalue weighted by Crippen LogP contribution is 2.19. The van der Waals surface area contributed by atoms with Crippen molar-refractivity contribution in [1.29, 1.82) is 0 Å². The monoisotopic (exact) mass is 1040 g/mol. The second-order valence-electron chi connectivity index (χ2n) is 17.9. The fourth-order valence-corrected chi connectivity index (χ4v) is 7.78. The molecule has 0 unspecified atom stereocenters. The fourth-order valence-electron chi connectivity index (χ4n) is 7.52. The first-order chi connectivity index (χ1) is 34.4. The van der Waals surface area contributed by atoms with Crippen molar-refractivity contribution < 1.29 is 68.1 Å². The van der Waals surface area contributed by atoms with Gasteiger partial charge in [0.25, 0.3) is 0 Å². The molecule has 9 atom stereocenters. The number of hydrogen-bond acceptors (Lipinski definition) is 15. The van der Waals surface area contributed by atoms with Gasteiger partial charge >= 0.3 is 5.97 Å². The summed E-state index contributed by atoms with van der Waals surface area (Å²) in [5, 5.41) is 48.6. The molecule has 25 nitrogen and oxygen atoms in total. The maximum absolute atomic E-state index is 14.1. The van der Waals surface area contributed by atoms with Gasteiger partial charge in [-0.05, 0) is 62.3 Å². The summed E-state index contributed by atoms with van der Waals surface area (Å²) in [6.07, 6.45) is -0.351. The van der Waals surface area contributed by atoms with Gasteiger partial charge in [-0.15, -0.1) is 0 Å². The SMILES string of the molecule is CC(C)C[C@H](NC(=O)[C@H](CS)NC(=O)[C@H](CC(N)=O)NC(=O)[C@H](Cc1ccccc1)NC(=O)[C@H](CO)NC(=O)[C@H](Cc1ccc(O)cc1)NC(=O)[C@H](C)NC(=O)[C@@H]1CCCN1C(=O)[C@H](C)N)C(=O)NCC(=O)O. The largest absolute Gasteiger partial charge is 0.508 e. The topological polar surface area (TPSA) is 400 Å². The van der Waals surface area contributed by atoms with E-state index < -0.39 is 139 Å². The zero-order valence-electron chi connectivity index (χ0n) is 40.9. The van der Waals surface area contributed by atoms with Crippen molar-refractivity contribution in [3.05, 3.63) is 65.7 Å². The Morgan fingerprint density at radius 3 is 1.68 bits per heavy atom. The third-order valence-corrected chi connectivity index (χ3v) is 11.7. The number of nitrogens with zero attached hydrogens (tertiary/aromatic N) is 1. The van der Waals surface area contributed by atoms with Gasteiger partial charge in [-0.2, -0.15) is 12.6 Å². The average molecular weight is 1040 g/mol. The molecule has 0 spiro atoms. The number of benzene rings is 2. The van der Waals surface area contributed by atoms with Crippen LogP contribution in [0.1, 0.15) is 64.5 Å². The molecule has 1 saturated heterocycles. The van der Waals surface area contributed by atoms with E-state index in [4.69, 9.17) is 16.6 Å². The number of carboxylic acids is 1. The maximum Gasteiger partial charge on any atom is 0.322 e. The molecule has 2 aromatic rings. The van der Waals surface area contributed by atoms with Crippen LogP contribution in [0.5, 0.6) is 5.75 Å². The van der Waals surface area contributed by atoms with E-state index in [-0.39, 0.29) is 36.7 Å². The van der Waals surface area contributed by atoms with Gasteiger partial charge in [0.1, 0.15) is 60.6 Å². The van der Waals surface area contributed by atoms with Gasteiger partial charge in [-0.25, -0.2) is 0 Å². The third kappa shape index (κ3) is 19.7. The van der Waals surface area contributed by atoms with E-state index >= 15 is 0 Å². The zero-order chi connectivity index (χ0) is 54.5. The molecule has 1 heterocycles. The Labute approximate surface area is 426 Å². The van der Waals surface area contributed by atoms with Gasteiger partial charge in [0.15, 0.2) is 0 Å². The molecular weight excluding hydrogens is 975 g/mol. The summed E-state index contributed by atoms with van der Waals surface area (Å²) in [5.74, 6) is -10.9. The van der Waals surface area contributed by atoms with Gasteiger partial charge in [0, 0.05) is 25.1 Å². The Kier molecular flexibility index (Phi) is 24.0. The molecule has 3 rings (SSSR count). The van der Waals surface area contributed by atoms with Crippen LogP contribution in [-0.2, 0) is 65.6 Å². The van der Waals surface area contributed by atoms with Crippen LogP contribution in [-0.4, -0.2) is 165 Å². The summed E-state index contributed by atoms with van der Waals surface area (Å²) in [7, 11) is 0. The van der Waals surface area contributed by atoms with Crippen molar-refractivity contribution in [3.63, 3.8) is 0 Å². The number of aliphatic hydroxyl groups is 1. The normalized spacial score (nSPS) is 16.4. The van der Waals surface area contributed by atoms with Crippen molar-refractivity contribution >= 4 is 77.7 Å². The van der Waals surface area contributed by atoms with Crippen LogP contribution >= 0.6 is 12.6 Å². The number of thiol groups is 1. The summed E-state index contributed by atoms with van der Waals surface area (Å²) in [6, 6.07) is 1.49. The summed E-state index contributed by atoms with van der Waals surface area (Å²) in [5.41, 5.74) is 12.1. The predicted octanol–water partition coefficient (Wildman–Crippen LogP) is -4.03. The van der Waals surface area contributed by atoms with Gasteiger partial charge in [-0.1, -0.05) is 56.3 Å². The number of carbonyl (C=O) groups is 11. The smallest absolute Gasteiger partial charge is 0.322 e. The lowest BCUT2D eigenvalue weighted by Gasteiger charge is -2.28. The first kappa shape index (κ1) is 60.0. The van der Waals surface area contributed by atoms with E-state index in [0.717, 1.165) is 0 Å². The van der Waals surface area contributed by atoms with Crippen LogP contribution in [0.4, 0.5) is 0 Å². The number of rotatable bonds is 28. The van der Waals surface area contributed by atoms with Crippen molar-refractivity contribution in [2.75, 3.05) is 25.4 Å². The Bertz CT molecular complexity index is 2290. The molecule has 0 radical (unpaired) electrons. The maximum atomic E-state index is 14.1. The second-order valence-corrected chi connectivity index (χ2v) is 18.3. The van der Waals surface area contributed by atoms with E-state index in [1.807, 2.05) is 0 Å². The van der Waals surface area contributed by atoms with Gasteiger partial charge in [0.05, 0.1) is 19.1 Å². The van der Waals surface area contributed by atoms with Crippen LogP contribution < -0.4 is 54.0 Å².